The highest BCUT2D eigenvalue weighted by Gasteiger charge is 2.26. The minimum atomic E-state index is -3.89. The van der Waals surface area contributed by atoms with Gasteiger partial charge in [0.1, 0.15) is 4.90 Å². The molecule has 7 heteroatoms. The van der Waals surface area contributed by atoms with Gasteiger partial charge in [-0.1, -0.05) is 22.9 Å². The van der Waals surface area contributed by atoms with E-state index < -0.39 is 10.1 Å². The van der Waals surface area contributed by atoms with E-state index in [1.165, 1.54) is 12.1 Å². The molecule has 2 rings (SSSR count). The van der Waals surface area contributed by atoms with Crippen LogP contribution in [0.4, 0.5) is 0 Å². The average Bonchev–Trinajstić information content (AvgIpc) is 2.54. The summed E-state index contributed by atoms with van der Waals surface area (Å²) in [4.78, 5) is 11.7. The summed E-state index contributed by atoms with van der Waals surface area (Å²) in [5.74, 6) is -0.331. The van der Waals surface area contributed by atoms with E-state index in [9.17, 15) is 13.2 Å². The van der Waals surface area contributed by atoms with Gasteiger partial charge in [0.05, 0.1) is 18.2 Å². The van der Waals surface area contributed by atoms with E-state index in [0.717, 1.165) is 5.56 Å². The van der Waals surface area contributed by atoms with E-state index >= 15 is 0 Å². The van der Waals surface area contributed by atoms with E-state index in [-0.39, 0.29) is 16.8 Å². The third-order valence-electron chi connectivity index (χ3n) is 3.76. The second kappa shape index (κ2) is 7.59. The maximum atomic E-state index is 12.0. The van der Waals surface area contributed by atoms with Crippen LogP contribution < -0.4 is 0 Å². The molecular weight excluding hydrogens is 318 g/mol. The zero-order valence-corrected chi connectivity index (χ0v) is 14.1. The number of nitrogens with zero attached hydrogens (tertiary/aromatic N) is 1. The Bertz CT molecular complexity index is 669. The first kappa shape index (κ1) is 17.5. The van der Waals surface area contributed by atoms with Gasteiger partial charge in [0.25, 0.3) is 0 Å². The molecule has 0 heterocycles. The maximum Gasteiger partial charge on any atom is 0.358 e. The molecule has 23 heavy (non-hydrogen) atoms. The van der Waals surface area contributed by atoms with Crippen molar-refractivity contribution >= 4 is 21.8 Å². The van der Waals surface area contributed by atoms with Crippen molar-refractivity contribution in [1.82, 2.24) is 0 Å². The normalized spacial score (nSPS) is 18.3. The molecule has 0 amide bonds. The SMILES string of the molecule is CCOC(=O)C1CCC(=NOS(=O)(=O)c2ccc(C)cc2)CC1. The van der Waals surface area contributed by atoms with Crippen LogP contribution in [-0.2, 0) is 23.9 Å². The summed E-state index contributed by atoms with van der Waals surface area (Å²) in [6.45, 7) is 4.02. The van der Waals surface area contributed by atoms with Gasteiger partial charge in [0.15, 0.2) is 0 Å². The van der Waals surface area contributed by atoms with Gasteiger partial charge >= 0.3 is 16.1 Å². The first-order chi connectivity index (χ1) is 10.9. The number of benzene rings is 1. The summed E-state index contributed by atoms with van der Waals surface area (Å²) >= 11 is 0. The van der Waals surface area contributed by atoms with Crippen molar-refractivity contribution < 1.29 is 22.2 Å². The van der Waals surface area contributed by atoms with Crippen LogP contribution in [0.3, 0.4) is 0 Å². The van der Waals surface area contributed by atoms with Crippen molar-refractivity contribution in [3.8, 4) is 0 Å². The van der Waals surface area contributed by atoms with Crippen molar-refractivity contribution in [2.45, 2.75) is 44.4 Å². The van der Waals surface area contributed by atoms with Gasteiger partial charge in [-0.25, -0.2) is 0 Å². The van der Waals surface area contributed by atoms with Gasteiger partial charge in [-0.15, -0.1) is 0 Å². The van der Waals surface area contributed by atoms with Crippen molar-refractivity contribution in [2.75, 3.05) is 6.61 Å². The minimum Gasteiger partial charge on any atom is -0.466 e. The van der Waals surface area contributed by atoms with E-state index in [4.69, 9.17) is 9.02 Å². The minimum absolute atomic E-state index is 0.0765. The van der Waals surface area contributed by atoms with Crippen LogP contribution in [-0.4, -0.2) is 26.7 Å². The highest BCUT2D eigenvalue weighted by molar-refractivity contribution is 7.86. The molecule has 1 aliphatic rings. The Morgan fingerprint density at radius 3 is 2.39 bits per heavy atom. The van der Waals surface area contributed by atoms with Gasteiger partial charge in [-0.2, -0.15) is 8.42 Å². The van der Waals surface area contributed by atoms with Crippen LogP contribution in [0.1, 0.15) is 38.2 Å². The fourth-order valence-corrected chi connectivity index (χ4v) is 3.15. The number of ether oxygens (including phenoxy) is 1. The monoisotopic (exact) mass is 339 g/mol. The average molecular weight is 339 g/mol. The van der Waals surface area contributed by atoms with Gasteiger partial charge in [-0.05, 0) is 51.7 Å². The number of hydrogen-bond acceptors (Lipinski definition) is 6. The molecule has 0 bridgehead atoms. The molecule has 1 saturated carbocycles. The van der Waals surface area contributed by atoms with E-state index in [2.05, 4.69) is 5.16 Å². The third kappa shape index (κ3) is 4.79. The number of esters is 1. The van der Waals surface area contributed by atoms with Gasteiger partial charge in [0.2, 0.25) is 0 Å². The largest absolute Gasteiger partial charge is 0.466 e. The maximum absolute atomic E-state index is 12.0. The Kier molecular flexibility index (Phi) is 5.76. The Morgan fingerprint density at radius 1 is 1.22 bits per heavy atom. The molecule has 0 atom stereocenters. The Labute approximate surface area is 136 Å². The van der Waals surface area contributed by atoms with Gasteiger partial charge < -0.3 is 4.74 Å². The summed E-state index contributed by atoms with van der Waals surface area (Å²) in [5.41, 5.74) is 1.62. The van der Waals surface area contributed by atoms with Crippen LogP contribution in [0.15, 0.2) is 34.3 Å². The first-order valence-electron chi connectivity index (χ1n) is 7.65. The molecule has 0 radical (unpaired) electrons. The van der Waals surface area contributed by atoms with E-state index in [1.54, 1.807) is 19.1 Å². The number of carbonyl (C=O) groups is 1. The molecule has 0 N–H and O–H groups in total. The van der Waals surface area contributed by atoms with Crippen LogP contribution in [0, 0.1) is 12.8 Å². The zero-order valence-electron chi connectivity index (χ0n) is 13.3. The Morgan fingerprint density at radius 2 is 1.83 bits per heavy atom. The van der Waals surface area contributed by atoms with E-state index in [0.29, 0.717) is 38.0 Å². The molecule has 1 aliphatic carbocycles. The summed E-state index contributed by atoms with van der Waals surface area (Å²) < 4.78 is 33.9. The highest BCUT2D eigenvalue weighted by Crippen LogP contribution is 2.24. The van der Waals surface area contributed by atoms with Crippen molar-refractivity contribution in [1.29, 1.82) is 0 Å². The predicted molar refractivity (Wildman–Crippen MR) is 85.5 cm³/mol. The number of oxime groups is 1. The van der Waals surface area contributed by atoms with Gasteiger partial charge in [-0.3, -0.25) is 9.08 Å². The second-order valence-corrected chi connectivity index (χ2v) is 7.05. The zero-order chi connectivity index (χ0) is 16.9. The second-order valence-electron chi connectivity index (χ2n) is 5.53. The smallest absolute Gasteiger partial charge is 0.358 e. The lowest BCUT2D eigenvalue weighted by Crippen LogP contribution is -2.24. The molecule has 0 spiro atoms. The number of rotatable bonds is 5. The number of hydrogen-bond donors (Lipinski definition) is 0. The molecule has 1 fully saturated rings. The van der Waals surface area contributed by atoms with Crippen LogP contribution in [0.25, 0.3) is 0 Å². The molecule has 126 valence electrons. The summed E-state index contributed by atoms with van der Waals surface area (Å²) in [6, 6.07) is 6.38. The molecular formula is C16H21NO5S. The molecule has 0 aliphatic heterocycles. The first-order valence-corrected chi connectivity index (χ1v) is 9.06. The van der Waals surface area contributed by atoms with Crippen molar-refractivity contribution in [3.05, 3.63) is 29.8 Å². The topological polar surface area (TPSA) is 82.0 Å². The van der Waals surface area contributed by atoms with Gasteiger partial charge in [0, 0.05) is 0 Å². The quantitative estimate of drug-likeness (QED) is 0.608. The Hall–Kier alpha value is -1.89. The standard InChI is InChI=1S/C16H21NO5S/c1-3-21-16(18)13-6-8-14(9-7-13)17-22-23(19,20)15-10-4-12(2)5-11-15/h4-5,10-11,13H,3,6-9H2,1-2H3. The lowest BCUT2D eigenvalue weighted by molar-refractivity contribution is -0.148. The van der Waals surface area contributed by atoms with Crippen molar-refractivity contribution in [2.24, 2.45) is 11.1 Å². The molecule has 0 aromatic heterocycles. The predicted octanol–water partition coefficient (Wildman–Crippen LogP) is 2.81. The summed E-state index contributed by atoms with van der Waals surface area (Å²) in [5, 5.41) is 3.77. The lowest BCUT2D eigenvalue weighted by Gasteiger charge is -2.20. The number of aryl methyl sites for hydroxylation is 1. The number of carbonyl (C=O) groups excluding carboxylic acids is 1. The Balaban J connectivity index is 1.94. The molecule has 0 unspecified atom stereocenters. The highest BCUT2D eigenvalue weighted by atomic mass is 32.2. The summed E-state index contributed by atoms with van der Waals surface area (Å²) in [7, 11) is -3.89. The molecule has 0 saturated heterocycles. The lowest BCUT2D eigenvalue weighted by atomic mass is 9.88. The van der Waals surface area contributed by atoms with Crippen LogP contribution in [0.2, 0.25) is 0 Å². The van der Waals surface area contributed by atoms with Crippen molar-refractivity contribution in [3.63, 3.8) is 0 Å². The van der Waals surface area contributed by atoms with Crippen LogP contribution >= 0.6 is 0 Å². The third-order valence-corrected chi connectivity index (χ3v) is 4.88. The molecule has 1 aromatic rings. The fraction of sp³-hybridized carbons (Fsp3) is 0.500. The summed E-state index contributed by atoms with van der Waals surface area (Å²) in [6.07, 6.45) is 2.27. The van der Waals surface area contributed by atoms with E-state index in [1.807, 2.05) is 6.92 Å². The molecule has 1 aromatic carbocycles. The fourth-order valence-electron chi connectivity index (χ4n) is 2.39. The van der Waals surface area contributed by atoms with Crippen LogP contribution in [0.5, 0.6) is 0 Å². The molecule has 6 nitrogen and oxygen atoms in total.